The predicted octanol–water partition coefficient (Wildman–Crippen LogP) is 1.39. The second-order valence-corrected chi connectivity index (χ2v) is 11.2. The zero-order chi connectivity index (χ0) is 27.7. The molecule has 0 saturated carbocycles. The number of allylic oxidation sites excluding steroid dienone is 1. The summed E-state index contributed by atoms with van der Waals surface area (Å²) in [6.45, 7) is 3.98. The highest BCUT2D eigenvalue weighted by atomic mass is 16.3. The van der Waals surface area contributed by atoms with Gasteiger partial charge in [0.25, 0.3) is 5.91 Å². The van der Waals surface area contributed by atoms with E-state index in [0.29, 0.717) is 17.5 Å². The number of aliphatic hydroxyl groups excluding tert-OH is 2. The van der Waals surface area contributed by atoms with Gasteiger partial charge in [0, 0.05) is 31.3 Å². The first-order valence-electron chi connectivity index (χ1n) is 12.3. The standard InChI is InChI=1S/C27H35N3O7/c1-11(2)7-13-10-16(29(3)4)14-8-12-9-15-20(30(5)6)23(33)19(26(28)36)25(35)27(15,37)24(34)17(12)22(32)18(14)21(13)31/h10-12,15,20,31,33-34,37H,7-9H2,1-6H3,(H2,28,36). The van der Waals surface area contributed by atoms with Gasteiger partial charge in [-0.15, -0.1) is 0 Å². The van der Waals surface area contributed by atoms with E-state index in [4.69, 9.17) is 5.73 Å². The highest BCUT2D eigenvalue weighted by molar-refractivity contribution is 6.24. The lowest BCUT2D eigenvalue weighted by Gasteiger charge is -2.50. The molecule has 200 valence electrons. The van der Waals surface area contributed by atoms with Crippen LogP contribution in [-0.4, -0.2) is 82.6 Å². The number of aromatic hydroxyl groups is 1. The zero-order valence-electron chi connectivity index (χ0n) is 22.0. The molecule has 37 heavy (non-hydrogen) atoms. The van der Waals surface area contributed by atoms with Crippen LogP contribution in [0.25, 0.3) is 0 Å². The lowest BCUT2D eigenvalue weighted by molar-refractivity contribution is -0.148. The van der Waals surface area contributed by atoms with Gasteiger partial charge in [0.05, 0.1) is 11.6 Å². The van der Waals surface area contributed by atoms with Gasteiger partial charge in [-0.1, -0.05) is 13.8 Å². The number of nitrogens with two attached hydrogens (primary N) is 1. The van der Waals surface area contributed by atoms with Crippen LogP contribution in [0.3, 0.4) is 0 Å². The summed E-state index contributed by atoms with van der Waals surface area (Å²) in [5, 5.41) is 45.1. The first kappa shape index (κ1) is 26.7. The highest BCUT2D eigenvalue weighted by Gasteiger charge is 2.63. The quantitative estimate of drug-likeness (QED) is 0.366. The average molecular weight is 514 g/mol. The minimum absolute atomic E-state index is 0.0441. The second kappa shape index (κ2) is 8.88. The number of fused-ring (bicyclic) bond motifs is 3. The Morgan fingerprint density at radius 2 is 1.78 bits per heavy atom. The van der Waals surface area contributed by atoms with Crippen molar-refractivity contribution in [3.8, 4) is 5.75 Å². The maximum absolute atomic E-state index is 13.9. The number of Topliss-reactive ketones (excluding diaryl/α,β-unsaturated/α-hetero) is 2. The third-order valence-electron chi connectivity index (χ3n) is 7.89. The van der Waals surface area contributed by atoms with Crippen LogP contribution in [-0.2, 0) is 22.4 Å². The van der Waals surface area contributed by atoms with E-state index in [2.05, 4.69) is 0 Å². The molecular formula is C27H35N3O7. The molecule has 3 aliphatic carbocycles. The Morgan fingerprint density at radius 1 is 1.16 bits per heavy atom. The van der Waals surface area contributed by atoms with Gasteiger partial charge in [0.2, 0.25) is 5.78 Å². The zero-order valence-corrected chi connectivity index (χ0v) is 22.0. The number of benzene rings is 1. The van der Waals surface area contributed by atoms with Crippen molar-refractivity contribution < 1.29 is 34.8 Å². The molecule has 0 saturated heterocycles. The average Bonchev–Trinajstić information content (AvgIpc) is 2.77. The lowest BCUT2D eigenvalue weighted by Crippen LogP contribution is -2.63. The normalized spacial score (nSPS) is 27.4. The van der Waals surface area contributed by atoms with Gasteiger partial charge in [-0.05, 0) is 62.4 Å². The van der Waals surface area contributed by atoms with Crippen molar-refractivity contribution in [1.82, 2.24) is 4.90 Å². The lowest BCUT2D eigenvalue weighted by atomic mass is 9.58. The van der Waals surface area contributed by atoms with E-state index in [9.17, 15) is 34.8 Å². The summed E-state index contributed by atoms with van der Waals surface area (Å²) >= 11 is 0. The van der Waals surface area contributed by atoms with Crippen LogP contribution < -0.4 is 10.6 Å². The molecule has 0 radical (unpaired) electrons. The number of phenolic OH excluding ortho intramolecular Hbond substituents is 1. The molecule has 4 rings (SSSR count). The number of carbonyl (C=O) groups is 3. The predicted molar refractivity (Wildman–Crippen MR) is 137 cm³/mol. The number of amides is 1. The summed E-state index contributed by atoms with van der Waals surface area (Å²) in [5.74, 6) is -6.21. The van der Waals surface area contributed by atoms with Crippen molar-refractivity contribution in [2.24, 2.45) is 23.5 Å². The Bertz CT molecular complexity index is 1280. The number of nitrogens with zero attached hydrogens (tertiary/aromatic N) is 2. The number of aliphatic hydroxyl groups is 3. The maximum Gasteiger partial charge on any atom is 0.255 e. The Labute approximate surface area is 215 Å². The molecule has 0 fully saturated rings. The van der Waals surface area contributed by atoms with Crippen LogP contribution in [0.4, 0.5) is 5.69 Å². The molecule has 3 aliphatic rings. The molecule has 10 heteroatoms. The van der Waals surface area contributed by atoms with Crippen LogP contribution in [0.15, 0.2) is 28.7 Å². The number of rotatable bonds is 5. The van der Waals surface area contributed by atoms with Crippen LogP contribution in [0, 0.1) is 17.8 Å². The van der Waals surface area contributed by atoms with Crippen molar-refractivity contribution in [3.63, 3.8) is 0 Å². The van der Waals surface area contributed by atoms with E-state index < -0.39 is 58.0 Å². The van der Waals surface area contributed by atoms with Crippen molar-refractivity contribution in [2.45, 2.75) is 44.8 Å². The molecule has 0 heterocycles. The second-order valence-electron chi connectivity index (χ2n) is 11.2. The van der Waals surface area contributed by atoms with Gasteiger partial charge in [-0.25, -0.2) is 0 Å². The van der Waals surface area contributed by atoms with Crippen molar-refractivity contribution in [1.29, 1.82) is 0 Å². The van der Waals surface area contributed by atoms with Gasteiger partial charge < -0.3 is 31.1 Å². The monoisotopic (exact) mass is 513 g/mol. The van der Waals surface area contributed by atoms with Crippen LogP contribution in [0.2, 0.25) is 0 Å². The Hall–Kier alpha value is -3.37. The SMILES string of the molecule is CC(C)Cc1cc(N(C)C)c2c(c1O)C(=O)C1=C(O)C3(O)C(=O)C(C(N)=O)=C(O)C(N(C)C)C3CC1C2. The van der Waals surface area contributed by atoms with Crippen LogP contribution in [0.5, 0.6) is 5.75 Å². The summed E-state index contributed by atoms with van der Waals surface area (Å²) < 4.78 is 0. The van der Waals surface area contributed by atoms with Gasteiger partial charge in [0.1, 0.15) is 22.8 Å². The number of ketones is 2. The van der Waals surface area contributed by atoms with Gasteiger partial charge in [-0.3, -0.25) is 19.3 Å². The van der Waals surface area contributed by atoms with E-state index in [1.807, 2.05) is 38.9 Å². The highest BCUT2D eigenvalue weighted by Crippen LogP contribution is 2.53. The molecule has 1 aromatic rings. The summed E-state index contributed by atoms with van der Waals surface area (Å²) in [6.07, 6.45) is 0.841. The molecule has 6 N–H and O–H groups in total. The van der Waals surface area contributed by atoms with Gasteiger partial charge >= 0.3 is 0 Å². The third-order valence-corrected chi connectivity index (χ3v) is 7.89. The number of likely N-dealkylation sites (N-methyl/N-ethyl adjacent to an activating group) is 1. The third kappa shape index (κ3) is 3.73. The molecular weight excluding hydrogens is 478 g/mol. The Kier molecular flexibility index (Phi) is 6.41. The smallest absolute Gasteiger partial charge is 0.255 e. The molecule has 4 unspecified atom stereocenters. The fraction of sp³-hybridized carbons (Fsp3) is 0.519. The van der Waals surface area contributed by atoms with E-state index in [0.717, 1.165) is 5.69 Å². The summed E-state index contributed by atoms with van der Waals surface area (Å²) in [5.41, 5.74) is 3.78. The molecule has 1 aromatic carbocycles. The van der Waals surface area contributed by atoms with Crippen LogP contribution >= 0.6 is 0 Å². The number of primary amides is 1. The number of hydrogen-bond donors (Lipinski definition) is 5. The van der Waals surface area contributed by atoms with Gasteiger partial charge in [0.15, 0.2) is 11.4 Å². The number of hydrogen-bond acceptors (Lipinski definition) is 9. The topological polar surface area (TPSA) is 165 Å². The fourth-order valence-corrected chi connectivity index (χ4v) is 6.35. The minimum atomic E-state index is -2.64. The molecule has 0 aromatic heterocycles. The van der Waals surface area contributed by atoms with E-state index in [-0.39, 0.29) is 35.6 Å². The molecule has 0 spiro atoms. The number of anilines is 1. The first-order valence-corrected chi connectivity index (χ1v) is 12.3. The van der Waals surface area contributed by atoms with Crippen molar-refractivity contribution >= 4 is 23.2 Å². The van der Waals surface area contributed by atoms with Crippen molar-refractivity contribution in [2.75, 3.05) is 33.1 Å². The summed E-state index contributed by atoms with van der Waals surface area (Å²) in [4.78, 5) is 42.8. The number of phenols is 1. The van der Waals surface area contributed by atoms with E-state index in [1.54, 1.807) is 14.1 Å². The minimum Gasteiger partial charge on any atom is -0.510 e. The van der Waals surface area contributed by atoms with Crippen LogP contribution in [0.1, 0.15) is 41.8 Å². The summed E-state index contributed by atoms with van der Waals surface area (Å²) in [6, 6.07) is 0.857. The molecule has 0 aliphatic heterocycles. The molecule has 1 amide bonds. The largest absolute Gasteiger partial charge is 0.510 e. The van der Waals surface area contributed by atoms with E-state index >= 15 is 0 Å². The van der Waals surface area contributed by atoms with E-state index in [1.165, 1.54) is 4.90 Å². The van der Waals surface area contributed by atoms with Gasteiger partial charge in [-0.2, -0.15) is 0 Å². The maximum atomic E-state index is 13.9. The van der Waals surface area contributed by atoms with Crippen molar-refractivity contribution in [3.05, 3.63) is 45.4 Å². The molecule has 0 bridgehead atoms. The summed E-state index contributed by atoms with van der Waals surface area (Å²) in [7, 11) is 6.89. The Morgan fingerprint density at radius 3 is 2.30 bits per heavy atom. The Balaban J connectivity index is 1.98. The molecule has 4 atom stereocenters. The first-order chi connectivity index (χ1) is 17.1. The number of carbonyl (C=O) groups excluding carboxylic acids is 3. The molecule has 10 nitrogen and oxygen atoms in total. The fourth-order valence-electron chi connectivity index (χ4n) is 6.35.